The molecule has 3 amide bonds. The molecule has 13 nitrogen and oxygen atoms in total. The standard InChI is InChI=1S/C23H34O5.C19H25ClN6O2/c1-4-14(2)23(26)28-20-7-5-6-16-9-8-15(3)19(22(16)20)11-10-18-12-17(24)13-21(25)27-18;1-22-17-16(18(27)23(2)19(22)28)26(13-21-17)12-9-24-7-10-25(11-8-24)15-6-4-3-5-14(15)20/h6,8-9,14-15,17-20,22,24H,4-5,7,10-13H2,1-3H3;3-6,13,16-17H,7-12H2,1-2H3/t14-,15-,17+,18+,19-,20-,22-;/m0./s1. The Kier molecular flexibility index (Phi) is 13.8. The highest BCUT2D eigenvalue weighted by atomic mass is 35.5. The molecule has 1 N–H and O–H groups in total. The van der Waals surface area contributed by atoms with Gasteiger partial charge in [-0.25, -0.2) is 9.79 Å². The van der Waals surface area contributed by atoms with E-state index in [4.69, 9.17) is 21.1 Å². The molecule has 7 rings (SSSR count). The summed E-state index contributed by atoms with van der Waals surface area (Å²) in [6.45, 7) is 11.4. The number of hydrogen-bond donors (Lipinski definition) is 1. The van der Waals surface area contributed by atoms with Crippen LogP contribution < -0.4 is 4.90 Å². The molecule has 0 saturated carbocycles. The maximum Gasteiger partial charge on any atom is 0.328 e. The summed E-state index contributed by atoms with van der Waals surface area (Å²) in [5.41, 5.74) is 2.36. The molecule has 306 valence electrons. The molecule has 0 radical (unpaired) electrons. The van der Waals surface area contributed by atoms with E-state index in [9.17, 15) is 24.3 Å². The summed E-state index contributed by atoms with van der Waals surface area (Å²) in [4.78, 5) is 62.5. The number of piperazine rings is 1. The second-order valence-electron chi connectivity index (χ2n) is 16.2. The van der Waals surface area contributed by atoms with Crippen LogP contribution in [0.5, 0.6) is 0 Å². The van der Waals surface area contributed by atoms with Crippen LogP contribution in [-0.4, -0.2) is 139 Å². The lowest BCUT2D eigenvalue weighted by Crippen LogP contribution is -2.64. The maximum absolute atomic E-state index is 12.6. The Hall–Kier alpha value is -3.94. The lowest BCUT2D eigenvalue weighted by Gasteiger charge is -2.42. The highest BCUT2D eigenvalue weighted by Crippen LogP contribution is 2.44. The van der Waals surface area contributed by atoms with Crippen molar-refractivity contribution in [2.24, 2.45) is 28.7 Å². The zero-order chi connectivity index (χ0) is 40.1. The number of urea groups is 1. The Morgan fingerprint density at radius 2 is 1.84 bits per heavy atom. The van der Waals surface area contributed by atoms with Gasteiger partial charge in [0.2, 0.25) is 0 Å². The summed E-state index contributed by atoms with van der Waals surface area (Å²) in [7, 11) is 3.22. The van der Waals surface area contributed by atoms with Crippen LogP contribution in [0, 0.1) is 23.7 Å². The van der Waals surface area contributed by atoms with Gasteiger partial charge in [-0.05, 0) is 61.6 Å². The largest absolute Gasteiger partial charge is 0.462 e. The Morgan fingerprint density at radius 1 is 1.09 bits per heavy atom. The second kappa shape index (κ2) is 18.5. The number of aliphatic imine (C=N–C) groups is 1. The van der Waals surface area contributed by atoms with Gasteiger partial charge in [-0.3, -0.25) is 24.2 Å². The van der Waals surface area contributed by atoms with E-state index < -0.39 is 18.3 Å². The van der Waals surface area contributed by atoms with E-state index in [1.165, 1.54) is 22.4 Å². The van der Waals surface area contributed by atoms with Crippen molar-refractivity contribution in [1.29, 1.82) is 0 Å². The van der Waals surface area contributed by atoms with Crippen molar-refractivity contribution in [2.75, 3.05) is 58.3 Å². The fourth-order valence-electron chi connectivity index (χ4n) is 8.88. The van der Waals surface area contributed by atoms with Crippen molar-refractivity contribution in [2.45, 2.75) is 96.2 Å². The van der Waals surface area contributed by atoms with Crippen LogP contribution in [0.1, 0.15) is 65.7 Å². The van der Waals surface area contributed by atoms with Crippen LogP contribution in [0.3, 0.4) is 0 Å². The van der Waals surface area contributed by atoms with E-state index in [0.717, 1.165) is 75.5 Å². The van der Waals surface area contributed by atoms with E-state index in [2.05, 4.69) is 46.0 Å². The van der Waals surface area contributed by atoms with Gasteiger partial charge in [-0.2, -0.15) is 0 Å². The van der Waals surface area contributed by atoms with E-state index in [0.29, 0.717) is 24.8 Å². The number of benzene rings is 1. The minimum atomic E-state index is -0.593. The topological polar surface area (TPSA) is 136 Å². The quantitative estimate of drug-likeness (QED) is 0.324. The summed E-state index contributed by atoms with van der Waals surface area (Å²) in [6.07, 6.45) is 11.9. The zero-order valence-electron chi connectivity index (χ0n) is 33.5. The average molecular weight is 795 g/mol. The molecule has 14 heteroatoms. The summed E-state index contributed by atoms with van der Waals surface area (Å²) in [5.74, 6) is 0.240. The Balaban J connectivity index is 0.000000190. The van der Waals surface area contributed by atoms with Gasteiger partial charge in [0, 0.05) is 65.7 Å². The first-order chi connectivity index (χ1) is 26.9. The second-order valence-corrected chi connectivity index (χ2v) is 16.6. The highest BCUT2D eigenvalue weighted by molar-refractivity contribution is 6.33. The van der Waals surface area contributed by atoms with Gasteiger partial charge < -0.3 is 29.3 Å². The molecule has 0 spiro atoms. The number of imide groups is 1. The monoisotopic (exact) mass is 794 g/mol. The number of carbonyl (C=O) groups excluding carboxylic acids is 4. The van der Waals surface area contributed by atoms with Gasteiger partial charge in [-0.15, -0.1) is 0 Å². The van der Waals surface area contributed by atoms with Crippen molar-refractivity contribution in [1.82, 2.24) is 19.6 Å². The number of esters is 2. The van der Waals surface area contributed by atoms with Crippen molar-refractivity contribution >= 4 is 47.5 Å². The Labute approximate surface area is 336 Å². The number of hydrogen-bond acceptors (Lipinski definition) is 11. The smallest absolute Gasteiger partial charge is 0.328 e. The number of ether oxygens (including phenoxy) is 2. The van der Waals surface area contributed by atoms with Gasteiger partial charge in [0.15, 0.2) is 12.2 Å². The van der Waals surface area contributed by atoms with Crippen molar-refractivity contribution in [3.63, 3.8) is 0 Å². The minimum absolute atomic E-state index is 0.0764. The molecular weight excluding hydrogens is 736 g/mol. The first kappa shape index (κ1) is 41.7. The zero-order valence-corrected chi connectivity index (χ0v) is 34.2. The molecule has 4 heterocycles. The predicted octanol–water partition coefficient (Wildman–Crippen LogP) is 4.97. The predicted molar refractivity (Wildman–Crippen MR) is 215 cm³/mol. The number of likely N-dealkylation sites (N-methyl/N-ethyl adjacent to an activating group) is 2. The molecule has 2 unspecified atom stereocenters. The average Bonchev–Trinajstić information content (AvgIpc) is 3.62. The van der Waals surface area contributed by atoms with Gasteiger partial charge in [0.1, 0.15) is 12.2 Å². The lowest BCUT2D eigenvalue weighted by atomic mass is 9.66. The minimum Gasteiger partial charge on any atom is -0.462 e. The number of fused-ring (bicyclic) bond motifs is 2. The third kappa shape index (κ3) is 9.43. The number of nitrogens with zero attached hydrogens (tertiary/aromatic N) is 6. The molecule has 0 bridgehead atoms. The van der Waals surface area contributed by atoms with Gasteiger partial charge in [0.25, 0.3) is 5.91 Å². The fraction of sp³-hybridized carbons (Fsp3) is 0.643. The number of allylic oxidation sites excluding steroid dienone is 3. The summed E-state index contributed by atoms with van der Waals surface area (Å²) in [6, 6.07) is 7.21. The summed E-state index contributed by atoms with van der Waals surface area (Å²) < 4.78 is 11.4. The van der Waals surface area contributed by atoms with Crippen molar-refractivity contribution in [3.8, 4) is 0 Å². The van der Waals surface area contributed by atoms with E-state index in [1.54, 1.807) is 13.4 Å². The fourth-order valence-corrected chi connectivity index (χ4v) is 9.13. The first-order valence-electron chi connectivity index (χ1n) is 20.4. The Bertz CT molecular complexity index is 1680. The number of rotatable bonds is 10. The van der Waals surface area contributed by atoms with Crippen molar-refractivity contribution in [3.05, 3.63) is 53.1 Å². The lowest BCUT2D eigenvalue weighted by molar-refractivity contribution is -0.162. The SMILES string of the molecule is CC[C@H](C)C(=O)O[C@H]1CCC=C2C=C[C@H](C)[C@H](CC[C@@H]3C[C@@H](O)CC(=O)O3)[C@H]21.CN1C(=O)C2C(N=CN2CCN2CCN(c3ccccc3Cl)CC2)N(C)C1=O. The number of amides is 3. The molecule has 4 aliphatic heterocycles. The third-order valence-corrected chi connectivity index (χ3v) is 12.8. The van der Waals surface area contributed by atoms with Crippen LogP contribution in [-0.2, 0) is 23.9 Å². The number of cyclic esters (lactones) is 1. The molecule has 1 aromatic carbocycles. The van der Waals surface area contributed by atoms with E-state index in [-0.39, 0.29) is 54.3 Å². The molecule has 9 atom stereocenters. The molecular formula is C42H59ClN6O7. The van der Waals surface area contributed by atoms with Crippen LogP contribution in [0.4, 0.5) is 10.5 Å². The van der Waals surface area contributed by atoms with Crippen LogP contribution >= 0.6 is 11.6 Å². The van der Waals surface area contributed by atoms with Gasteiger partial charge >= 0.3 is 18.0 Å². The van der Waals surface area contributed by atoms with Gasteiger partial charge in [-0.1, -0.05) is 62.7 Å². The number of para-hydroxylation sites is 1. The molecule has 56 heavy (non-hydrogen) atoms. The summed E-state index contributed by atoms with van der Waals surface area (Å²) in [5, 5.41) is 10.7. The maximum atomic E-state index is 12.6. The van der Waals surface area contributed by atoms with Gasteiger partial charge in [0.05, 0.1) is 35.5 Å². The normalized spacial score (nSPS) is 30.9. The third-order valence-electron chi connectivity index (χ3n) is 12.5. The van der Waals surface area contributed by atoms with Crippen molar-refractivity contribution < 1.29 is 33.8 Å². The van der Waals surface area contributed by atoms with Crippen LogP contribution in [0.15, 0.2) is 53.1 Å². The van der Waals surface area contributed by atoms with E-state index in [1.807, 2.05) is 36.9 Å². The molecule has 0 aromatic heterocycles. The first-order valence-corrected chi connectivity index (χ1v) is 20.8. The molecule has 3 fully saturated rings. The van der Waals surface area contributed by atoms with E-state index >= 15 is 0 Å². The molecule has 1 aromatic rings. The van der Waals surface area contributed by atoms with Crippen LogP contribution in [0.2, 0.25) is 5.02 Å². The molecule has 3 saturated heterocycles. The number of aliphatic hydroxyl groups excluding tert-OH is 1. The highest BCUT2D eigenvalue weighted by Gasteiger charge is 2.48. The number of halogens is 1. The number of carbonyl (C=O) groups is 4. The number of aliphatic hydroxyl groups is 1. The Morgan fingerprint density at radius 3 is 2.55 bits per heavy atom. The molecule has 6 aliphatic rings. The molecule has 2 aliphatic carbocycles. The number of anilines is 1. The summed E-state index contributed by atoms with van der Waals surface area (Å²) >= 11 is 6.31. The van der Waals surface area contributed by atoms with Crippen LogP contribution in [0.25, 0.3) is 0 Å².